The third kappa shape index (κ3) is 3.85. The zero-order valence-electron chi connectivity index (χ0n) is 10.4. The van der Waals surface area contributed by atoms with Crippen LogP contribution < -0.4 is 5.73 Å². The van der Waals surface area contributed by atoms with Crippen LogP contribution in [-0.4, -0.2) is 34.9 Å². The molecule has 1 aromatic carbocycles. The van der Waals surface area contributed by atoms with Gasteiger partial charge in [-0.3, -0.25) is 9.00 Å². The van der Waals surface area contributed by atoms with Gasteiger partial charge in [0.2, 0.25) is 5.91 Å². The molecule has 1 rings (SSSR count). The first-order valence-corrected chi connectivity index (χ1v) is 6.68. The number of carbonyl (C=O) groups is 1. The highest BCUT2D eigenvalue weighted by molar-refractivity contribution is 7.85. The standard InChI is InChI=1S/C12H18N2O2S/c1-9-8-10(13)4-5-11(9)17(16)7-6-12(15)14(2)3/h4-5,8H,6-7,13H2,1-3H3. The van der Waals surface area contributed by atoms with Gasteiger partial charge in [0, 0.05) is 36.9 Å². The van der Waals surface area contributed by atoms with Crippen molar-refractivity contribution in [2.45, 2.75) is 18.2 Å². The van der Waals surface area contributed by atoms with Crippen LogP contribution in [0.2, 0.25) is 0 Å². The zero-order chi connectivity index (χ0) is 13.0. The highest BCUT2D eigenvalue weighted by Crippen LogP contribution is 2.17. The SMILES string of the molecule is Cc1cc(N)ccc1S(=O)CCC(=O)N(C)C. The van der Waals surface area contributed by atoms with Crippen molar-refractivity contribution in [1.29, 1.82) is 0 Å². The topological polar surface area (TPSA) is 63.4 Å². The van der Waals surface area contributed by atoms with Gasteiger partial charge in [-0.1, -0.05) is 0 Å². The van der Waals surface area contributed by atoms with Crippen LogP contribution in [0.5, 0.6) is 0 Å². The number of benzene rings is 1. The van der Waals surface area contributed by atoms with Crippen molar-refractivity contribution in [2.75, 3.05) is 25.6 Å². The molecule has 0 spiro atoms. The van der Waals surface area contributed by atoms with Crippen molar-refractivity contribution >= 4 is 22.4 Å². The smallest absolute Gasteiger partial charge is 0.222 e. The molecule has 1 atom stereocenters. The number of nitrogen functional groups attached to an aromatic ring is 1. The maximum absolute atomic E-state index is 12.0. The van der Waals surface area contributed by atoms with Crippen LogP contribution in [-0.2, 0) is 15.6 Å². The molecule has 0 aliphatic heterocycles. The predicted octanol–water partition coefficient (Wildman–Crippen LogP) is 1.16. The van der Waals surface area contributed by atoms with E-state index in [1.165, 1.54) is 4.90 Å². The Bertz CT molecular complexity index is 444. The van der Waals surface area contributed by atoms with Gasteiger partial charge in [0.1, 0.15) is 0 Å². The Balaban J connectivity index is 2.68. The van der Waals surface area contributed by atoms with E-state index in [1.54, 1.807) is 32.3 Å². The second kappa shape index (κ2) is 5.82. The van der Waals surface area contributed by atoms with Gasteiger partial charge in [-0.25, -0.2) is 0 Å². The van der Waals surface area contributed by atoms with Crippen molar-refractivity contribution in [3.8, 4) is 0 Å². The minimum Gasteiger partial charge on any atom is -0.399 e. The van der Waals surface area contributed by atoms with Gasteiger partial charge in [0.15, 0.2) is 0 Å². The molecule has 0 saturated heterocycles. The first-order valence-electron chi connectivity index (χ1n) is 5.36. The van der Waals surface area contributed by atoms with Gasteiger partial charge >= 0.3 is 0 Å². The van der Waals surface area contributed by atoms with E-state index in [4.69, 9.17) is 5.73 Å². The molecule has 94 valence electrons. The number of amides is 1. The molecular formula is C12H18N2O2S. The summed E-state index contributed by atoms with van der Waals surface area (Å²) in [5.41, 5.74) is 7.19. The molecule has 5 heteroatoms. The largest absolute Gasteiger partial charge is 0.399 e. The van der Waals surface area contributed by atoms with Crippen LogP contribution in [0.4, 0.5) is 5.69 Å². The van der Waals surface area contributed by atoms with Crippen LogP contribution in [0.1, 0.15) is 12.0 Å². The molecule has 0 radical (unpaired) electrons. The van der Waals surface area contributed by atoms with Crippen molar-refractivity contribution in [1.82, 2.24) is 4.90 Å². The van der Waals surface area contributed by atoms with Gasteiger partial charge in [0.05, 0.1) is 10.8 Å². The van der Waals surface area contributed by atoms with Crippen LogP contribution in [0.15, 0.2) is 23.1 Å². The summed E-state index contributed by atoms with van der Waals surface area (Å²) in [6, 6.07) is 5.29. The number of aryl methyl sites for hydroxylation is 1. The molecule has 0 fully saturated rings. The Morgan fingerprint density at radius 1 is 1.41 bits per heavy atom. The lowest BCUT2D eigenvalue weighted by Crippen LogP contribution is -2.23. The molecule has 1 unspecified atom stereocenters. The van der Waals surface area contributed by atoms with Crippen molar-refractivity contribution in [3.05, 3.63) is 23.8 Å². The summed E-state index contributed by atoms with van der Waals surface area (Å²) in [7, 11) is 2.24. The second-order valence-electron chi connectivity index (χ2n) is 4.11. The van der Waals surface area contributed by atoms with E-state index in [0.29, 0.717) is 17.9 Å². The number of nitrogens with zero attached hydrogens (tertiary/aromatic N) is 1. The molecule has 0 aromatic heterocycles. The summed E-state index contributed by atoms with van der Waals surface area (Å²) in [5.74, 6) is 0.341. The quantitative estimate of drug-likeness (QED) is 0.820. The molecule has 4 nitrogen and oxygen atoms in total. The van der Waals surface area contributed by atoms with Crippen LogP contribution in [0.25, 0.3) is 0 Å². The average molecular weight is 254 g/mol. The summed E-state index contributed by atoms with van der Waals surface area (Å²) in [5, 5.41) is 0. The van der Waals surface area contributed by atoms with Gasteiger partial charge < -0.3 is 10.6 Å². The van der Waals surface area contributed by atoms with E-state index in [-0.39, 0.29) is 5.91 Å². The number of carbonyl (C=O) groups excluding carboxylic acids is 1. The summed E-state index contributed by atoms with van der Waals surface area (Å²) in [6.07, 6.45) is 0.295. The third-order valence-electron chi connectivity index (χ3n) is 2.44. The molecule has 0 bridgehead atoms. The van der Waals surface area contributed by atoms with E-state index in [1.807, 2.05) is 6.92 Å². The van der Waals surface area contributed by atoms with Crippen LogP contribution in [0, 0.1) is 6.92 Å². The van der Waals surface area contributed by atoms with E-state index < -0.39 is 10.8 Å². The maximum atomic E-state index is 12.0. The lowest BCUT2D eigenvalue weighted by Gasteiger charge is -2.10. The number of hydrogen-bond acceptors (Lipinski definition) is 3. The summed E-state index contributed by atoms with van der Waals surface area (Å²) < 4.78 is 12.0. The Morgan fingerprint density at radius 2 is 2.06 bits per heavy atom. The van der Waals surface area contributed by atoms with E-state index in [9.17, 15) is 9.00 Å². The lowest BCUT2D eigenvalue weighted by molar-refractivity contribution is -0.128. The Kier molecular flexibility index (Phi) is 4.69. The Morgan fingerprint density at radius 3 is 2.59 bits per heavy atom. The highest BCUT2D eigenvalue weighted by atomic mass is 32.2. The fourth-order valence-corrected chi connectivity index (χ4v) is 2.66. The minimum absolute atomic E-state index is 0.00792. The third-order valence-corrected chi connectivity index (χ3v) is 3.97. The summed E-state index contributed by atoms with van der Waals surface area (Å²) in [4.78, 5) is 13.7. The molecule has 1 amide bonds. The van der Waals surface area contributed by atoms with Crippen molar-refractivity contribution < 1.29 is 9.00 Å². The molecule has 0 saturated carbocycles. The Hall–Kier alpha value is -1.36. The maximum Gasteiger partial charge on any atom is 0.222 e. The van der Waals surface area contributed by atoms with Gasteiger partial charge in [-0.05, 0) is 30.7 Å². The second-order valence-corrected chi connectivity index (χ2v) is 5.65. The van der Waals surface area contributed by atoms with Crippen LogP contribution >= 0.6 is 0 Å². The monoisotopic (exact) mass is 254 g/mol. The van der Waals surface area contributed by atoms with Gasteiger partial charge in [-0.15, -0.1) is 0 Å². The highest BCUT2D eigenvalue weighted by Gasteiger charge is 2.11. The Labute approximate surface area is 104 Å². The van der Waals surface area contributed by atoms with Gasteiger partial charge in [0.25, 0.3) is 0 Å². The van der Waals surface area contributed by atoms with Crippen molar-refractivity contribution in [3.63, 3.8) is 0 Å². The van der Waals surface area contributed by atoms with E-state index in [2.05, 4.69) is 0 Å². The fourth-order valence-electron chi connectivity index (χ4n) is 1.44. The molecule has 0 heterocycles. The summed E-state index contributed by atoms with van der Waals surface area (Å²) >= 11 is 0. The molecule has 0 aliphatic carbocycles. The zero-order valence-corrected chi connectivity index (χ0v) is 11.2. The van der Waals surface area contributed by atoms with E-state index >= 15 is 0 Å². The number of nitrogens with two attached hydrogens (primary N) is 1. The van der Waals surface area contributed by atoms with Crippen molar-refractivity contribution in [2.24, 2.45) is 0 Å². The van der Waals surface area contributed by atoms with Crippen LogP contribution in [0.3, 0.4) is 0 Å². The molecular weight excluding hydrogens is 236 g/mol. The lowest BCUT2D eigenvalue weighted by atomic mass is 10.2. The number of anilines is 1. The van der Waals surface area contributed by atoms with Gasteiger partial charge in [-0.2, -0.15) is 0 Å². The van der Waals surface area contributed by atoms with E-state index in [0.717, 1.165) is 10.5 Å². The molecule has 17 heavy (non-hydrogen) atoms. The minimum atomic E-state index is -1.14. The fraction of sp³-hybridized carbons (Fsp3) is 0.417. The molecule has 0 aliphatic rings. The summed E-state index contributed by atoms with van der Waals surface area (Å²) in [6.45, 7) is 1.87. The average Bonchev–Trinajstić information content (AvgIpc) is 2.25. The normalized spacial score (nSPS) is 12.2. The molecule has 1 aromatic rings. The first-order chi connectivity index (χ1) is 7.91. The number of rotatable bonds is 4. The molecule has 2 N–H and O–H groups in total. The predicted molar refractivity (Wildman–Crippen MR) is 70.2 cm³/mol. The number of hydrogen-bond donors (Lipinski definition) is 1. The first kappa shape index (κ1) is 13.7.